The van der Waals surface area contributed by atoms with Crippen molar-refractivity contribution in [1.29, 1.82) is 0 Å². The first kappa shape index (κ1) is 31.3. The van der Waals surface area contributed by atoms with Gasteiger partial charge in [-0.05, 0) is 43.2 Å². The van der Waals surface area contributed by atoms with Gasteiger partial charge in [0.2, 0.25) is 0 Å². The van der Waals surface area contributed by atoms with Crippen molar-refractivity contribution in [1.82, 2.24) is 9.62 Å². The average Bonchev–Trinajstić information content (AvgIpc) is 3.21. The number of rotatable bonds is 8. The number of nitrogens with one attached hydrogen (secondary N) is 2. The predicted molar refractivity (Wildman–Crippen MR) is 151 cm³/mol. The first-order chi connectivity index (χ1) is 16.8. The van der Waals surface area contributed by atoms with Crippen LogP contribution in [0.5, 0.6) is 0 Å². The molecule has 0 unspecified atom stereocenters. The monoisotopic (exact) mass is 683 g/mol. The van der Waals surface area contributed by atoms with E-state index < -0.39 is 5.54 Å². The zero-order valence-electron chi connectivity index (χ0n) is 22.6. The van der Waals surface area contributed by atoms with Crippen molar-refractivity contribution in [3.8, 4) is 0 Å². The predicted octanol–water partition coefficient (Wildman–Crippen LogP) is 6.99. The van der Waals surface area contributed by atoms with Gasteiger partial charge < -0.3 is 16.4 Å². The fourth-order valence-corrected chi connectivity index (χ4v) is 6.06. The fraction of sp³-hybridized carbons (Fsp3) is 0.714. The van der Waals surface area contributed by atoms with Crippen molar-refractivity contribution in [2.45, 2.75) is 96.6 Å². The van der Waals surface area contributed by atoms with Crippen LogP contribution >= 0.6 is 11.9 Å². The maximum atomic E-state index is 11.9. The molecule has 0 aromatic heterocycles. The molecular formula is C28H45N5OSW. The second-order valence-corrected chi connectivity index (χ2v) is 12.1. The van der Waals surface area contributed by atoms with Crippen molar-refractivity contribution < 1.29 is 25.9 Å². The molecule has 0 bridgehead atoms. The summed E-state index contributed by atoms with van der Waals surface area (Å²) in [5.74, 6) is 2.17. The van der Waals surface area contributed by atoms with E-state index in [2.05, 4.69) is 52.0 Å². The van der Waals surface area contributed by atoms with Gasteiger partial charge in [-0.25, -0.2) is 0 Å². The molecule has 4 rings (SSSR count). The fourth-order valence-electron chi connectivity index (χ4n) is 5.05. The van der Waals surface area contributed by atoms with Crippen LogP contribution in [0.15, 0.2) is 23.2 Å². The molecule has 200 valence electrons. The molecule has 1 saturated heterocycles. The first-order valence-corrected chi connectivity index (χ1v) is 14.4. The average molecular weight is 684 g/mol. The molecule has 6 nitrogen and oxygen atoms in total. The molecule has 3 aliphatic rings. The van der Waals surface area contributed by atoms with Gasteiger partial charge in [0.25, 0.3) is 5.91 Å². The van der Waals surface area contributed by atoms with Crippen molar-refractivity contribution in [2.75, 3.05) is 25.4 Å². The Hall–Kier alpha value is -0.882. The Bertz CT molecular complexity index is 848. The molecule has 1 amide bonds. The molecule has 1 aromatic rings. The SMILES string of the molecule is CCC1CCCCC1.Cc1cc([N-]C(C)(C)C[NH-])ccc1CCSN1CCC2(CC1)N=CNC2=O.[W+2]. The number of amides is 1. The van der Waals surface area contributed by atoms with Crippen LogP contribution in [-0.2, 0) is 32.3 Å². The van der Waals surface area contributed by atoms with E-state index in [0.717, 1.165) is 49.7 Å². The Morgan fingerprint density at radius 2 is 1.92 bits per heavy atom. The van der Waals surface area contributed by atoms with Gasteiger partial charge in [-0.3, -0.25) is 14.1 Å². The van der Waals surface area contributed by atoms with Crippen molar-refractivity contribution in [2.24, 2.45) is 10.9 Å². The number of piperidine rings is 1. The topological polar surface area (TPSA) is 82.6 Å². The molecule has 8 heteroatoms. The summed E-state index contributed by atoms with van der Waals surface area (Å²) >= 11 is 1.86. The molecule has 2 heterocycles. The molecular weight excluding hydrogens is 638 g/mol. The van der Waals surface area contributed by atoms with Gasteiger partial charge in [-0.2, -0.15) is 6.54 Å². The largest absolute Gasteiger partial charge is 2.00 e. The summed E-state index contributed by atoms with van der Waals surface area (Å²) in [5, 5.41) is 7.38. The van der Waals surface area contributed by atoms with Crippen molar-refractivity contribution in [3.63, 3.8) is 0 Å². The molecule has 0 radical (unpaired) electrons. The summed E-state index contributed by atoms with van der Waals surface area (Å²) in [6.45, 7) is 10.5. The van der Waals surface area contributed by atoms with E-state index >= 15 is 0 Å². The Morgan fingerprint density at radius 3 is 2.44 bits per heavy atom. The minimum atomic E-state index is -0.500. The number of hydrogen-bond acceptors (Lipinski definition) is 4. The third-order valence-electron chi connectivity index (χ3n) is 7.62. The maximum absolute atomic E-state index is 11.9. The summed E-state index contributed by atoms with van der Waals surface area (Å²) in [6, 6.07) is 6.35. The first-order valence-electron chi connectivity index (χ1n) is 13.5. The molecule has 2 N–H and O–H groups in total. The van der Waals surface area contributed by atoms with E-state index in [1.54, 1.807) is 6.34 Å². The molecule has 1 spiro atoms. The quantitative estimate of drug-likeness (QED) is 0.300. The summed E-state index contributed by atoms with van der Waals surface area (Å²) in [4.78, 5) is 16.3. The summed E-state index contributed by atoms with van der Waals surface area (Å²) in [7, 11) is 0. The van der Waals surface area contributed by atoms with Gasteiger partial charge in [0, 0.05) is 18.8 Å². The minimum Gasteiger partial charge on any atom is -0.681 e. The maximum Gasteiger partial charge on any atom is 2.00 e. The van der Waals surface area contributed by atoms with E-state index in [1.165, 1.54) is 49.7 Å². The number of hydrogen-bond donors (Lipinski definition) is 1. The van der Waals surface area contributed by atoms with Crippen LogP contribution in [0, 0.1) is 12.8 Å². The zero-order valence-corrected chi connectivity index (χ0v) is 26.4. The van der Waals surface area contributed by atoms with Crippen LogP contribution in [0.4, 0.5) is 5.69 Å². The standard InChI is InChI=1S/C20H29N5OS.C8H16.W/c1-15-12-17(24-19(2,3)13-21)5-4-16(15)6-11-27-25-9-7-20(8-10-25)18(26)22-14-23-20;1-2-8-6-4-3-5-7-8;/h4-5,12,14,21H,6-11,13H2,1-3H3,(H,22,23,26);8H,2-7H2,1H3;/q-2;;+2. The van der Waals surface area contributed by atoms with Crippen molar-refractivity contribution >= 4 is 29.9 Å². The zero-order chi connectivity index (χ0) is 25.3. The van der Waals surface area contributed by atoms with E-state index in [0.29, 0.717) is 0 Å². The smallest absolute Gasteiger partial charge is 0.681 e. The van der Waals surface area contributed by atoms with Gasteiger partial charge >= 0.3 is 21.1 Å². The Balaban J connectivity index is 0.000000433. The number of carbonyl (C=O) groups is 1. The van der Waals surface area contributed by atoms with Gasteiger partial charge in [0.1, 0.15) is 5.54 Å². The van der Waals surface area contributed by atoms with Gasteiger partial charge in [-0.15, -0.1) is 11.2 Å². The molecule has 1 saturated carbocycles. The summed E-state index contributed by atoms with van der Waals surface area (Å²) < 4.78 is 2.36. The minimum absolute atomic E-state index is 0. The molecule has 1 aromatic carbocycles. The number of aliphatic imine (C=N–C) groups is 1. The normalized spacial score (nSPS) is 19.9. The van der Waals surface area contributed by atoms with E-state index in [-0.39, 0.29) is 39.1 Å². The third-order valence-corrected chi connectivity index (χ3v) is 8.73. The molecule has 2 fully saturated rings. The number of nitrogens with zero attached hydrogens (tertiary/aromatic N) is 3. The molecule has 36 heavy (non-hydrogen) atoms. The second-order valence-electron chi connectivity index (χ2n) is 10.9. The third kappa shape index (κ3) is 9.15. The van der Waals surface area contributed by atoms with Gasteiger partial charge in [-0.1, -0.05) is 89.4 Å². The van der Waals surface area contributed by atoms with E-state index in [1.807, 2.05) is 25.8 Å². The van der Waals surface area contributed by atoms with Crippen LogP contribution in [0.25, 0.3) is 11.1 Å². The van der Waals surface area contributed by atoms with Crippen molar-refractivity contribution in [3.05, 3.63) is 40.4 Å². The number of benzene rings is 1. The van der Waals surface area contributed by atoms with Crippen LogP contribution in [0.1, 0.15) is 83.3 Å². The number of carbonyl (C=O) groups excluding carboxylic acids is 1. The summed E-state index contributed by atoms with van der Waals surface area (Å²) in [5.41, 5.74) is 10.3. The Morgan fingerprint density at radius 1 is 1.22 bits per heavy atom. The number of aryl methyl sites for hydroxylation is 2. The molecule has 0 atom stereocenters. The van der Waals surface area contributed by atoms with Crippen LogP contribution < -0.4 is 5.32 Å². The van der Waals surface area contributed by atoms with Crippen LogP contribution in [-0.4, -0.2) is 53.0 Å². The second kappa shape index (κ2) is 14.9. The Kier molecular flexibility index (Phi) is 13.0. The van der Waals surface area contributed by atoms with Gasteiger partial charge in [0.05, 0.1) is 6.34 Å². The molecule has 2 aliphatic heterocycles. The molecule has 1 aliphatic carbocycles. The van der Waals surface area contributed by atoms with E-state index in [9.17, 15) is 4.79 Å². The van der Waals surface area contributed by atoms with Gasteiger partial charge in [0.15, 0.2) is 0 Å². The summed E-state index contributed by atoms with van der Waals surface area (Å²) in [6.07, 6.45) is 13.1. The van der Waals surface area contributed by atoms with Crippen LogP contribution in [0.3, 0.4) is 0 Å². The van der Waals surface area contributed by atoms with Crippen LogP contribution in [0.2, 0.25) is 0 Å². The van der Waals surface area contributed by atoms with E-state index in [4.69, 9.17) is 5.73 Å². The Labute approximate surface area is 237 Å².